The number of likely N-dealkylation sites (tertiary alicyclic amines) is 1. The number of aromatic nitrogens is 2. The molecular weight excluding hydrogens is 288 g/mol. The molecule has 126 valence electrons. The van der Waals surface area contributed by atoms with Gasteiger partial charge in [-0.05, 0) is 64.4 Å². The van der Waals surface area contributed by atoms with Crippen LogP contribution < -0.4 is 0 Å². The van der Waals surface area contributed by atoms with Gasteiger partial charge in [0.1, 0.15) is 5.65 Å². The largest absolute Gasteiger partial charge is 0.395 e. The number of nitrogens with zero attached hydrogens (tertiary/aromatic N) is 3. The number of aromatic amines is 1. The highest BCUT2D eigenvalue weighted by atomic mass is 16.3. The molecule has 3 rings (SSSR count). The van der Waals surface area contributed by atoms with E-state index in [4.69, 9.17) is 0 Å². The van der Waals surface area contributed by atoms with E-state index < -0.39 is 0 Å². The van der Waals surface area contributed by atoms with E-state index >= 15 is 0 Å². The lowest BCUT2D eigenvalue weighted by Crippen LogP contribution is -2.57. The Balaban J connectivity index is 2.05. The minimum absolute atomic E-state index is 0.0277. The molecule has 2 atom stereocenters. The van der Waals surface area contributed by atoms with Crippen LogP contribution in [0.25, 0.3) is 11.0 Å². The quantitative estimate of drug-likeness (QED) is 0.910. The van der Waals surface area contributed by atoms with Crippen LogP contribution in [0.1, 0.15) is 37.3 Å². The third kappa shape index (κ3) is 2.67. The van der Waals surface area contributed by atoms with E-state index in [0.717, 1.165) is 18.5 Å². The number of aliphatic hydroxyl groups excluding tert-OH is 1. The van der Waals surface area contributed by atoms with Crippen molar-refractivity contribution in [2.75, 3.05) is 27.2 Å². The predicted octanol–water partition coefficient (Wildman–Crippen LogP) is 2.45. The average Bonchev–Trinajstić information content (AvgIpc) is 2.98. The Hall–Kier alpha value is -1.43. The maximum Gasteiger partial charge on any atom is 0.137 e. The van der Waals surface area contributed by atoms with Crippen LogP contribution in [0.4, 0.5) is 0 Å². The summed E-state index contributed by atoms with van der Waals surface area (Å²) in [7, 11) is 4.32. The summed E-state index contributed by atoms with van der Waals surface area (Å²) >= 11 is 0. The Kier molecular flexibility index (Phi) is 4.45. The smallest absolute Gasteiger partial charge is 0.137 e. The minimum Gasteiger partial charge on any atom is -0.395 e. The van der Waals surface area contributed by atoms with Gasteiger partial charge in [-0.2, -0.15) is 0 Å². The molecule has 0 aromatic carbocycles. The van der Waals surface area contributed by atoms with Crippen molar-refractivity contribution in [2.24, 2.45) is 0 Å². The van der Waals surface area contributed by atoms with Crippen LogP contribution in [0.2, 0.25) is 0 Å². The highest BCUT2D eigenvalue weighted by Gasteiger charge is 2.41. The molecule has 1 fully saturated rings. The number of hydrogen-bond acceptors (Lipinski definition) is 4. The molecule has 0 bridgehead atoms. The summed E-state index contributed by atoms with van der Waals surface area (Å²) in [5.74, 6) is 0. The minimum atomic E-state index is -0.0277. The highest BCUT2D eigenvalue weighted by Crippen LogP contribution is 2.43. The second kappa shape index (κ2) is 6.23. The maximum absolute atomic E-state index is 9.29. The molecule has 0 aliphatic carbocycles. The van der Waals surface area contributed by atoms with E-state index in [1.54, 1.807) is 0 Å². The van der Waals surface area contributed by atoms with E-state index in [0.29, 0.717) is 12.7 Å². The van der Waals surface area contributed by atoms with Crippen molar-refractivity contribution >= 4 is 11.0 Å². The van der Waals surface area contributed by atoms with Crippen LogP contribution in [0.5, 0.6) is 0 Å². The number of fused-ring (bicyclic) bond motifs is 1. The third-order valence-corrected chi connectivity index (χ3v) is 5.63. The van der Waals surface area contributed by atoms with Gasteiger partial charge in [0.05, 0.1) is 12.8 Å². The number of piperidine rings is 1. The number of rotatable bonds is 4. The summed E-state index contributed by atoms with van der Waals surface area (Å²) in [4.78, 5) is 12.5. The fourth-order valence-electron chi connectivity index (χ4n) is 4.27. The molecule has 0 spiro atoms. The molecule has 2 aromatic rings. The van der Waals surface area contributed by atoms with Crippen LogP contribution in [-0.4, -0.2) is 58.3 Å². The Morgan fingerprint density at radius 3 is 3.04 bits per heavy atom. The van der Waals surface area contributed by atoms with E-state index in [9.17, 15) is 5.11 Å². The number of hydrogen-bond donors (Lipinski definition) is 2. The average molecular weight is 316 g/mol. The predicted molar refractivity (Wildman–Crippen MR) is 93.3 cm³/mol. The van der Waals surface area contributed by atoms with Crippen molar-refractivity contribution in [1.82, 2.24) is 19.8 Å². The summed E-state index contributed by atoms with van der Waals surface area (Å²) in [5.41, 5.74) is 3.57. The molecule has 2 aromatic heterocycles. The lowest BCUT2D eigenvalue weighted by molar-refractivity contribution is -0.0441. The van der Waals surface area contributed by atoms with Crippen molar-refractivity contribution in [2.45, 2.75) is 44.8 Å². The van der Waals surface area contributed by atoms with E-state index in [1.807, 2.05) is 12.4 Å². The van der Waals surface area contributed by atoms with Crippen LogP contribution in [0.15, 0.2) is 18.5 Å². The van der Waals surface area contributed by atoms with Gasteiger partial charge in [0.25, 0.3) is 0 Å². The summed E-state index contributed by atoms with van der Waals surface area (Å²) < 4.78 is 0. The Morgan fingerprint density at radius 2 is 2.30 bits per heavy atom. The molecule has 2 unspecified atom stereocenters. The first-order valence-corrected chi connectivity index (χ1v) is 8.46. The summed E-state index contributed by atoms with van der Waals surface area (Å²) in [5, 5.41) is 10.5. The molecule has 0 radical (unpaired) electrons. The number of H-pyrrole nitrogens is 1. The zero-order valence-electron chi connectivity index (χ0n) is 14.6. The molecule has 5 heteroatoms. The van der Waals surface area contributed by atoms with Crippen molar-refractivity contribution in [1.29, 1.82) is 0 Å². The van der Waals surface area contributed by atoms with Crippen molar-refractivity contribution < 1.29 is 5.11 Å². The number of likely N-dealkylation sites (N-methyl/N-ethyl adjacent to an activating group) is 1. The second-order valence-electron chi connectivity index (χ2n) is 7.02. The Morgan fingerprint density at radius 1 is 1.52 bits per heavy atom. The van der Waals surface area contributed by atoms with Gasteiger partial charge in [-0.25, -0.2) is 4.98 Å². The molecule has 23 heavy (non-hydrogen) atoms. The summed E-state index contributed by atoms with van der Waals surface area (Å²) in [6.45, 7) is 5.42. The van der Waals surface area contributed by atoms with Crippen molar-refractivity contribution in [3.63, 3.8) is 0 Å². The van der Waals surface area contributed by atoms with Gasteiger partial charge in [-0.1, -0.05) is 0 Å². The van der Waals surface area contributed by atoms with Crippen LogP contribution in [0.3, 0.4) is 0 Å². The zero-order chi connectivity index (χ0) is 16.6. The Bertz CT molecular complexity index is 683. The number of aliphatic hydroxyl groups is 1. The molecule has 2 N–H and O–H groups in total. The molecule has 3 heterocycles. The Labute approximate surface area is 138 Å². The molecule has 0 amide bonds. The van der Waals surface area contributed by atoms with Crippen molar-refractivity contribution in [3.05, 3.63) is 29.6 Å². The molecular formula is C18H28N4O. The fraction of sp³-hybridized carbons (Fsp3) is 0.611. The fourth-order valence-corrected chi connectivity index (χ4v) is 4.27. The van der Waals surface area contributed by atoms with Gasteiger partial charge >= 0.3 is 0 Å². The normalized spacial score (nSPS) is 26.3. The molecule has 5 nitrogen and oxygen atoms in total. The molecule has 1 saturated heterocycles. The van der Waals surface area contributed by atoms with E-state index in [-0.39, 0.29) is 12.1 Å². The van der Waals surface area contributed by atoms with Crippen molar-refractivity contribution in [3.8, 4) is 0 Å². The number of nitrogens with one attached hydrogen (secondary N) is 1. The number of pyridine rings is 1. The van der Waals surface area contributed by atoms with Gasteiger partial charge in [0.15, 0.2) is 0 Å². The topological polar surface area (TPSA) is 55.4 Å². The van der Waals surface area contributed by atoms with Gasteiger partial charge < -0.3 is 10.1 Å². The first kappa shape index (κ1) is 16.4. The van der Waals surface area contributed by atoms with Crippen LogP contribution in [0, 0.1) is 6.92 Å². The van der Waals surface area contributed by atoms with E-state index in [1.165, 1.54) is 22.9 Å². The van der Waals surface area contributed by atoms with Gasteiger partial charge in [0.2, 0.25) is 0 Å². The summed E-state index contributed by atoms with van der Waals surface area (Å²) in [6, 6.07) is 2.14. The monoisotopic (exact) mass is 316 g/mol. The lowest BCUT2D eigenvalue weighted by Gasteiger charge is -2.51. The van der Waals surface area contributed by atoms with Crippen LogP contribution in [-0.2, 0) is 5.54 Å². The van der Waals surface area contributed by atoms with Gasteiger partial charge in [-0.15, -0.1) is 0 Å². The molecule has 1 aliphatic rings. The SMILES string of the molecule is Cc1cnc2[nH]ccc2c1C1(C)CCCC(N(C)CCO)N1C. The zero-order valence-corrected chi connectivity index (χ0v) is 14.6. The van der Waals surface area contributed by atoms with E-state index in [2.05, 4.69) is 53.8 Å². The highest BCUT2D eigenvalue weighted by molar-refractivity contribution is 5.81. The second-order valence-corrected chi connectivity index (χ2v) is 7.02. The first-order valence-electron chi connectivity index (χ1n) is 8.46. The standard InChI is InChI=1S/C18H28N4O/c1-13-12-20-17-14(7-9-19-17)16(13)18(2)8-5-6-15(22(18)4)21(3)10-11-23/h7,9,12,15,23H,5-6,8,10-11H2,1-4H3,(H,19,20). The van der Waals surface area contributed by atoms with Gasteiger partial charge in [-0.3, -0.25) is 9.80 Å². The molecule has 1 aliphatic heterocycles. The lowest BCUT2D eigenvalue weighted by atomic mass is 9.78. The maximum atomic E-state index is 9.29. The first-order chi connectivity index (χ1) is 11.0. The molecule has 0 saturated carbocycles. The van der Waals surface area contributed by atoms with Crippen LogP contribution >= 0.6 is 0 Å². The number of aryl methyl sites for hydroxylation is 1. The van der Waals surface area contributed by atoms with Gasteiger partial charge in [0, 0.05) is 29.9 Å². The summed E-state index contributed by atoms with van der Waals surface area (Å²) in [6.07, 6.45) is 7.77. The third-order valence-electron chi connectivity index (χ3n) is 5.63.